The van der Waals surface area contributed by atoms with Crippen LogP contribution in [0.4, 0.5) is 0 Å². The van der Waals surface area contributed by atoms with Gasteiger partial charge in [-0.15, -0.1) is 11.6 Å². The number of alkyl halides is 1. The van der Waals surface area contributed by atoms with Crippen molar-refractivity contribution in [3.05, 3.63) is 72.7 Å². The van der Waals surface area contributed by atoms with Gasteiger partial charge in [0, 0.05) is 50.7 Å². The van der Waals surface area contributed by atoms with Crippen LogP contribution in [0.5, 0.6) is 0 Å². The number of likely N-dealkylation sites (N-methyl/N-ethyl adjacent to an activating group) is 1. The van der Waals surface area contributed by atoms with E-state index in [-0.39, 0.29) is 5.38 Å². The molecule has 7 heteroatoms. The molecule has 1 amide bonds. The molecule has 1 unspecified atom stereocenters. The number of rotatable bonds is 10. The third-order valence-electron chi connectivity index (χ3n) is 4.81. The quantitative estimate of drug-likeness (QED) is 0.136. The Morgan fingerprint density at radius 1 is 1.26 bits per heavy atom. The maximum absolute atomic E-state index is 10.7. The van der Waals surface area contributed by atoms with Crippen LogP contribution < -0.4 is 0 Å². The summed E-state index contributed by atoms with van der Waals surface area (Å²) in [7, 11) is 3.58. The van der Waals surface area contributed by atoms with E-state index in [1.54, 1.807) is 18.1 Å². The van der Waals surface area contributed by atoms with Crippen molar-refractivity contribution in [2.75, 3.05) is 46.9 Å². The molecule has 0 spiro atoms. The first kappa shape index (κ1) is 31.3. The second-order valence-corrected chi connectivity index (χ2v) is 8.17. The average Bonchev–Trinajstić information content (AvgIpc) is 3.27. The number of carbonyl (C=O) groups is 1. The first-order valence-electron chi connectivity index (χ1n) is 11.8. The summed E-state index contributed by atoms with van der Waals surface area (Å²) >= 11 is 5.91. The number of hydrogen-bond donors (Lipinski definition) is 0. The van der Waals surface area contributed by atoms with Gasteiger partial charge >= 0.3 is 0 Å². The first-order valence-corrected chi connectivity index (χ1v) is 12.2. The van der Waals surface area contributed by atoms with E-state index < -0.39 is 0 Å². The van der Waals surface area contributed by atoms with Crippen LogP contribution in [0.1, 0.15) is 33.6 Å². The van der Waals surface area contributed by atoms with Crippen LogP contribution in [0.2, 0.25) is 0 Å². The van der Waals surface area contributed by atoms with Crippen molar-refractivity contribution < 1.29 is 9.53 Å². The number of halogens is 1. The van der Waals surface area contributed by atoms with Crippen molar-refractivity contribution in [3.8, 4) is 0 Å². The summed E-state index contributed by atoms with van der Waals surface area (Å²) in [4.78, 5) is 14.8. The molecule has 0 aromatic carbocycles. The average molecular weight is 491 g/mol. The Hall–Kier alpha value is -2.73. The third-order valence-corrected chi connectivity index (χ3v) is 4.95. The van der Waals surface area contributed by atoms with E-state index >= 15 is 0 Å². The van der Waals surface area contributed by atoms with Gasteiger partial charge in [-0.1, -0.05) is 63.5 Å². The predicted molar refractivity (Wildman–Crippen MR) is 147 cm³/mol. The fourth-order valence-corrected chi connectivity index (χ4v) is 3.15. The highest BCUT2D eigenvalue weighted by molar-refractivity contribution is 6.21. The highest BCUT2D eigenvalue weighted by Crippen LogP contribution is 2.16. The molecule has 0 bridgehead atoms. The number of nitrogens with zero attached hydrogens (tertiary/aromatic N) is 4. The number of ether oxygens (including phenoxy) is 1. The monoisotopic (exact) mass is 490 g/mol. The van der Waals surface area contributed by atoms with Crippen molar-refractivity contribution in [1.82, 2.24) is 14.8 Å². The van der Waals surface area contributed by atoms with Crippen molar-refractivity contribution in [3.63, 3.8) is 0 Å². The van der Waals surface area contributed by atoms with Crippen LogP contribution in [0.3, 0.4) is 0 Å². The molecule has 2 aliphatic heterocycles. The third kappa shape index (κ3) is 14.4. The van der Waals surface area contributed by atoms with Gasteiger partial charge in [0.05, 0.1) is 19.9 Å². The van der Waals surface area contributed by atoms with E-state index in [4.69, 9.17) is 16.3 Å². The minimum atomic E-state index is 0.0220. The fraction of sp³-hybridized carbons (Fsp3) is 0.481. The number of allylic oxidation sites excluding steroid dienone is 7. The Kier molecular flexibility index (Phi) is 18.1. The number of hydrazone groups is 1. The van der Waals surface area contributed by atoms with E-state index in [0.717, 1.165) is 57.7 Å². The van der Waals surface area contributed by atoms with Crippen LogP contribution in [0.25, 0.3) is 0 Å². The van der Waals surface area contributed by atoms with Crippen molar-refractivity contribution in [2.45, 2.75) is 39.0 Å². The SMILES string of the molecule is C=C(/C=C(\C/C=C\C(C)Cl)N1CCN(C=O)CC1)OC.C=C/C=C\C/C=C1/C=NN(C)C1.CC. The lowest BCUT2D eigenvalue weighted by molar-refractivity contribution is -0.119. The van der Waals surface area contributed by atoms with Gasteiger partial charge in [0.25, 0.3) is 0 Å². The lowest BCUT2D eigenvalue weighted by Crippen LogP contribution is -2.45. The minimum Gasteiger partial charge on any atom is -0.497 e. The first-order chi connectivity index (χ1) is 16.4. The molecule has 0 radical (unpaired) electrons. The van der Waals surface area contributed by atoms with Crippen molar-refractivity contribution >= 4 is 24.2 Å². The van der Waals surface area contributed by atoms with Crippen LogP contribution in [-0.4, -0.2) is 79.7 Å². The maximum Gasteiger partial charge on any atom is 0.209 e. The smallest absolute Gasteiger partial charge is 0.209 e. The number of amides is 1. The summed E-state index contributed by atoms with van der Waals surface area (Å²) < 4.78 is 5.13. The Bertz CT molecular complexity index is 746. The number of methoxy groups -OCH3 is 1. The zero-order chi connectivity index (χ0) is 25.8. The van der Waals surface area contributed by atoms with Crippen LogP contribution in [0.15, 0.2) is 77.8 Å². The molecule has 6 nitrogen and oxygen atoms in total. The van der Waals surface area contributed by atoms with E-state index in [1.807, 2.05) is 57.3 Å². The second-order valence-electron chi connectivity index (χ2n) is 7.48. The standard InChI is InChI=1S/C15H23ClN2O2.C10H14N2.C2H6/c1-13(16)5-4-6-15(11-14(2)20-3)18-9-7-17(12-19)8-10-18;1-3-4-5-6-7-10-8-11-12(2)9-10;1-2/h4-5,11-13H,2,6-10H2,1,3H3;3-5,7-8H,1,6,9H2,2H3;1-2H3/b5-4-,15-11+;5-4-,10-7-;. The number of hydrogen-bond acceptors (Lipinski definition) is 5. The van der Waals surface area contributed by atoms with Gasteiger partial charge in [-0.05, 0) is 25.0 Å². The molecule has 1 saturated heterocycles. The highest BCUT2D eigenvalue weighted by Gasteiger charge is 2.17. The zero-order valence-corrected chi connectivity index (χ0v) is 22.4. The summed E-state index contributed by atoms with van der Waals surface area (Å²) in [6.45, 7) is 17.4. The lowest BCUT2D eigenvalue weighted by Gasteiger charge is -2.35. The molecule has 190 valence electrons. The summed E-state index contributed by atoms with van der Waals surface area (Å²) in [5.41, 5.74) is 2.42. The van der Waals surface area contributed by atoms with E-state index in [1.165, 1.54) is 5.57 Å². The molecule has 0 aromatic rings. The zero-order valence-electron chi connectivity index (χ0n) is 21.6. The number of piperazine rings is 1. The molecule has 1 fully saturated rings. The van der Waals surface area contributed by atoms with Gasteiger partial charge in [0.1, 0.15) is 5.76 Å². The molecule has 0 saturated carbocycles. The fourth-order valence-electron chi connectivity index (χ4n) is 3.04. The normalized spacial score (nSPS) is 17.9. The molecule has 0 aliphatic carbocycles. The van der Waals surface area contributed by atoms with E-state index in [2.05, 4.69) is 41.4 Å². The van der Waals surface area contributed by atoms with Crippen LogP contribution in [-0.2, 0) is 9.53 Å². The molecule has 0 aromatic heterocycles. The van der Waals surface area contributed by atoms with E-state index in [9.17, 15) is 4.79 Å². The van der Waals surface area contributed by atoms with Gasteiger partial charge < -0.3 is 14.5 Å². The molecule has 2 rings (SSSR count). The Labute approximate surface area is 212 Å². The summed E-state index contributed by atoms with van der Waals surface area (Å²) in [6, 6.07) is 0. The second kappa shape index (κ2) is 19.7. The maximum atomic E-state index is 10.7. The van der Waals surface area contributed by atoms with Gasteiger partial charge in [-0.3, -0.25) is 9.80 Å². The number of carbonyl (C=O) groups excluding carboxylic acids is 1. The minimum absolute atomic E-state index is 0.0220. The molecule has 2 aliphatic rings. The molecular weight excluding hydrogens is 448 g/mol. The summed E-state index contributed by atoms with van der Waals surface area (Å²) in [6.07, 6.45) is 18.5. The van der Waals surface area contributed by atoms with Crippen LogP contribution >= 0.6 is 11.6 Å². The highest BCUT2D eigenvalue weighted by atomic mass is 35.5. The van der Waals surface area contributed by atoms with Gasteiger partial charge in [-0.25, -0.2) is 0 Å². The lowest BCUT2D eigenvalue weighted by atomic mass is 10.2. The molecule has 2 heterocycles. The summed E-state index contributed by atoms with van der Waals surface area (Å²) in [5.74, 6) is 0.630. The van der Waals surface area contributed by atoms with E-state index in [0.29, 0.717) is 5.76 Å². The van der Waals surface area contributed by atoms with Crippen molar-refractivity contribution in [1.29, 1.82) is 0 Å². The largest absolute Gasteiger partial charge is 0.497 e. The molecular formula is C27H43ClN4O2. The van der Waals surface area contributed by atoms with Gasteiger partial charge in [-0.2, -0.15) is 5.10 Å². The Morgan fingerprint density at radius 3 is 2.44 bits per heavy atom. The molecule has 0 N–H and O–H groups in total. The Morgan fingerprint density at radius 2 is 1.94 bits per heavy atom. The van der Waals surface area contributed by atoms with Crippen LogP contribution in [0, 0.1) is 0 Å². The topological polar surface area (TPSA) is 48.4 Å². The summed E-state index contributed by atoms with van der Waals surface area (Å²) in [5, 5.41) is 6.05. The van der Waals surface area contributed by atoms with Gasteiger partial charge in [0.15, 0.2) is 0 Å². The Balaban J connectivity index is 0.000000662. The van der Waals surface area contributed by atoms with Gasteiger partial charge in [0.2, 0.25) is 6.41 Å². The molecule has 1 atom stereocenters. The molecule has 34 heavy (non-hydrogen) atoms. The predicted octanol–water partition coefficient (Wildman–Crippen LogP) is 5.38. The van der Waals surface area contributed by atoms with Crippen molar-refractivity contribution in [2.24, 2.45) is 5.10 Å².